The number of carboxylic acids is 1. The molecule has 1 aliphatic rings. The second-order valence-corrected chi connectivity index (χ2v) is 12.8. The molecule has 236 valence electrons. The minimum Gasteiger partial charge on any atom is -0.548 e. The van der Waals surface area contributed by atoms with Crippen LogP contribution in [-0.2, 0) is 27.2 Å². The standard InChI is InChI=1S/C33H42BrN5O5.Na/c1-21(2)17-27(38-33(44)39-15-7-3-4-8-16-39)30(40)36-28(19-23-20-35-26-10-6-5-9-25(23)26)31(41)37-29(32(42)43)18-22-11-13-24(34)14-12-22;/h5-6,9-14,20-21,27-29,35H,3-4,7-8,15-19H2,1-2H3,(H,36,40)(H,37,41)(H,38,44)(H,42,43);/q;+1/p-1/t27-,28+,29+;/m0./s1. The fraction of sp³-hybridized carbons (Fsp3) is 0.455. The number of benzene rings is 2. The molecular weight excluding hydrogens is 649 g/mol. The summed E-state index contributed by atoms with van der Waals surface area (Å²) in [5.74, 6) is -2.50. The third kappa shape index (κ3) is 10.9. The molecule has 1 aliphatic heterocycles. The summed E-state index contributed by atoms with van der Waals surface area (Å²) in [5, 5.41) is 21.3. The van der Waals surface area contributed by atoms with E-state index in [1.165, 1.54) is 0 Å². The molecule has 0 saturated carbocycles. The number of hydrogen-bond acceptors (Lipinski definition) is 5. The number of H-pyrrole nitrogens is 1. The molecule has 1 aromatic heterocycles. The van der Waals surface area contributed by atoms with E-state index in [-0.39, 0.29) is 54.3 Å². The Labute approximate surface area is 294 Å². The first-order valence-electron chi connectivity index (χ1n) is 15.3. The van der Waals surface area contributed by atoms with Crippen molar-refractivity contribution in [1.82, 2.24) is 25.8 Å². The van der Waals surface area contributed by atoms with Crippen LogP contribution >= 0.6 is 15.9 Å². The van der Waals surface area contributed by atoms with Crippen LogP contribution in [0.4, 0.5) is 4.79 Å². The third-order valence-electron chi connectivity index (χ3n) is 7.90. The predicted octanol–water partition coefficient (Wildman–Crippen LogP) is 0.439. The second kappa shape index (κ2) is 17.7. The zero-order chi connectivity index (χ0) is 31.6. The Morgan fingerprint density at radius 1 is 0.844 bits per heavy atom. The average Bonchev–Trinajstić information content (AvgIpc) is 3.19. The summed E-state index contributed by atoms with van der Waals surface area (Å²) in [6.07, 6.45) is 6.24. The summed E-state index contributed by atoms with van der Waals surface area (Å²) in [4.78, 5) is 57.7. The predicted molar refractivity (Wildman–Crippen MR) is 171 cm³/mol. The number of nitrogens with zero attached hydrogens (tertiary/aromatic N) is 1. The van der Waals surface area contributed by atoms with Gasteiger partial charge in [-0.15, -0.1) is 0 Å². The van der Waals surface area contributed by atoms with Gasteiger partial charge in [0.2, 0.25) is 11.8 Å². The van der Waals surface area contributed by atoms with Crippen molar-refractivity contribution in [3.05, 3.63) is 70.3 Å². The van der Waals surface area contributed by atoms with Crippen LogP contribution in [0.2, 0.25) is 0 Å². The number of fused-ring (bicyclic) bond motifs is 1. The molecule has 3 aromatic rings. The van der Waals surface area contributed by atoms with Crippen LogP contribution in [0.3, 0.4) is 0 Å². The molecule has 1 saturated heterocycles. The van der Waals surface area contributed by atoms with E-state index >= 15 is 0 Å². The Morgan fingerprint density at radius 3 is 2.11 bits per heavy atom. The Kier molecular flexibility index (Phi) is 14.4. The number of aliphatic carboxylic acids is 1. The van der Waals surface area contributed by atoms with Gasteiger partial charge in [0.15, 0.2) is 0 Å². The Balaban J connectivity index is 0.00000552. The van der Waals surface area contributed by atoms with Crippen molar-refractivity contribution in [1.29, 1.82) is 0 Å². The normalized spacial score (nSPS) is 15.3. The molecule has 1 fully saturated rings. The van der Waals surface area contributed by atoms with Gasteiger partial charge in [0, 0.05) is 41.1 Å². The van der Waals surface area contributed by atoms with Gasteiger partial charge in [-0.2, -0.15) is 0 Å². The van der Waals surface area contributed by atoms with Crippen LogP contribution in [0.15, 0.2) is 59.2 Å². The van der Waals surface area contributed by atoms with Crippen LogP contribution in [0.5, 0.6) is 0 Å². The van der Waals surface area contributed by atoms with Gasteiger partial charge < -0.3 is 35.7 Å². The molecule has 4 N–H and O–H groups in total. The van der Waals surface area contributed by atoms with Crippen molar-refractivity contribution in [3.63, 3.8) is 0 Å². The first-order valence-corrected chi connectivity index (χ1v) is 16.1. The summed E-state index contributed by atoms with van der Waals surface area (Å²) in [7, 11) is 0. The molecule has 10 nitrogen and oxygen atoms in total. The molecule has 0 aliphatic carbocycles. The number of likely N-dealkylation sites (tertiary alicyclic amines) is 1. The molecule has 45 heavy (non-hydrogen) atoms. The Hall–Kier alpha value is -2.86. The molecule has 3 atom stereocenters. The molecule has 0 unspecified atom stereocenters. The molecule has 2 aromatic carbocycles. The number of halogens is 1. The van der Waals surface area contributed by atoms with Gasteiger partial charge in [0.25, 0.3) is 0 Å². The maximum atomic E-state index is 13.7. The van der Waals surface area contributed by atoms with Crippen molar-refractivity contribution in [2.75, 3.05) is 13.1 Å². The van der Waals surface area contributed by atoms with Crippen LogP contribution in [-0.4, -0.2) is 64.9 Å². The maximum Gasteiger partial charge on any atom is 1.00 e. The Bertz CT molecular complexity index is 1440. The monoisotopic (exact) mass is 689 g/mol. The third-order valence-corrected chi connectivity index (χ3v) is 8.43. The van der Waals surface area contributed by atoms with Crippen molar-refractivity contribution < 1.29 is 53.8 Å². The van der Waals surface area contributed by atoms with Gasteiger partial charge in [0.05, 0.1) is 12.0 Å². The van der Waals surface area contributed by atoms with Crippen molar-refractivity contribution in [2.24, 2.45) is 5.92 Å². The van der Waals surface area contributed by atoms with E-state index in [0.717, 1.165) is 46.6 Å². The Morgan fingerprint density at radius 2 is 1.47 bits per heavy atom. The SMILES string of the molecule is CC(C)C[C@H](NC(=O)N1CCCCCC1)C(=O)N[C@H](Cc1c[nH]c2ccccc12)C(=O)N[C@H](Cc1ccc(Br)cc1)C(=O)[O-].[Na+]. The maximum absolute atomic E-state index is 13.7. The minimum atomic E-state index is -1.43. The molecule has 2 heterocycles. The number of aromatic amines is 1. The van der Waals surface area contributed by atoms with Crippen molar-refractivity contribution in [3.8, 4) is 0 Å². The zero-order valence-electron chi connectivity index (χ0n) is 26.2. The number of carbonyl (C=O) groups excluding carboxylic acids is 4. The molecule has 4 amide bonds. The molecular formula is C33H41BrN5NaO5. The number of para-hydroxylation sites is 1. The van der Waals surface area contributed by atoms with Crippen molar-refractivity contribution >= 4 is 50.6 Å². The van der Waals surface area contributed by atoms with Crippen LogP contribution in [0, 0.1) is 5.92 Å². The summed E-state index contributed by atoms with van der Waals surface area (Å²) in [6, 6.07) is 11.1. The van der Waals surface area contributed by atoms with Crippen LogP contribution in [0.1, 0.15) is 57.1 Å². The van der Waals surface area contributed by atoms with Gasteiger partial charge in [-0.3, -0.25) is 9.59 Å². The fourth-order valence-corrected chi connectivity index (χ4v) is 5.81. The van der Waals surface area contributed by atoms with E-state index in [9.17, 15) is 24.3 Å². The summed E-state index contributed by atoms with van der Waals surface area (Å²) in [5.41, 5.74) is 2.36. The minimum absolute atomic E-state index is 0. The molecule has 12 heteroatoms. The van der Waals surface area contributed by atoms with Gasteiger partial charge >= 0.3 is 35.6 Å². The largest absolute Gasteiger partial charge is 1.00 e. The van der Waals surface area contributed by atoms with Gasteiger partial charge in [-0.05, 0) is 60.9 Å². The first-order chi connectivity index (χ1) is 21.1. The number of carbonyl (C=O) groups is 4. The number of aromatic nitrogens is 1. The van der Waals surface area contributed by atoms with E-state index in [2.05, 4.69) is 36.9 Å². The number of rotatable bonds is 12. The summed E-state index contributed by atoms with van der Waals surface area (Å²) < 4.78 is 0.843. The summed E-state index contributed by atoms with van der Waals surface area (Å²) >= 11 is 3.37. The van der Waals surface area contributed by atoms with E-state index in [1.807, 2.05) is 38.1 Å². The van der Waals surface area contributed by atoms with E-state index < -0.39 is 35.9 Å². The number of hydrogen-bond donors (Lipinski definition) is 4. The topological polar surface area (TPSA) is 146 Å². The van der Waals surface area contributed by atoms with Crippen LogP contribution < -0.4 is 50.6 Å². The molecule has 0 bridgehead atoms. The van der Waals surface area contributed by atoms with Crippen molar-refractivity contribution in [2.45, 2.75) is 76.9 Å². The van der Waals surface area contributed by atoms with E-state index in [0.29, 0.717) is 25.1 Å². The van der Waals surface area contributed by atoms with E-state index in [4.69, 9.17) is 0 Å². The number of amides is 4. The second-order valence-electron chi connectivity index (χ2n) is 11.9. The number of urea groups is 1. The van der Waals surface area contributed by atoms with Gasteiger partial charge in [-0.1, -0.05) is 73.0 Å². The number of nitrogens with one attached hydrogen (secondary N) is 4. The molecule has 0 radical (unpaired) electrons. The smallest absolute Gasteiger partial charge is 0.548 e. The van der Waals surface area contributed by atoms with Crippen LogP contribution in [0.25, 0.3) is 10.9 Å². The average molecular weight is 691 g/mol. The zero-order valence-corrected chi connectivity index (χ0v) is 29.8. The molecule has 0 spiro atoms. The quantitative estimate of drug-likeness (QED) is 0.204. The fourth-order valence-electron chi connectivity index (χ4n) is 5.54. The van der Waals surface area contributed by atoms with Gasteiger partial charge in [-0.25, -0.2) is 4.79 Å². The summed E-state index contributed by atoms with van der Waals surface area (Å²) in [6.45, 7) is 5.19. The van der Waals surface area contributed by atoms with E-state index in [1.54, 1.807) is 35.4 Å². The number of carboxylic acid groups (broad SMARTS) is 1. The molecule has 4 rings (SSSR count). The van der Waals surface area contributed by atoms with Gasteiger partial charge in [0.1, 0.15) is 12.1 Å². The first kappa shape index (κ1) is 36.6.